The summed E-state index contributed by atoms with van der Waals surface area (Å²) < 4.78 is 7.54. The first kappa shape index (κ1) is 18.5. The Bertz CT molecular complexity index is 1020. The lowest BCUT2D eigenvalue weighted by atomic mass is 10.1. The van der Waals surface area contributed by atoms with Crippen LogP contribution in [0.1, 0.15) is 54.1 Å². The van der Waals surface area contributed by atoms with Crippen LogP contribution in [-0.2, 0) is 11.8 Å². The van der Waals surface area contributed by atoms with Crippen LogP contribution in [0.4, 0.5) is 0 Å². The van der Waals surface area contributed by atoms with Crippen LogP contribution in [0.3, 0.4) is 0 Å². The lowest BCUT2D eigenvalue weighted by molar-refractivity contribution is -0.123. The van der Waals surface area contributed by atoms with Crippen molar-refractivity contribution in [1.82, 2.24) is 20.1 Å². The summed E-state index contributed by atoms with van der Waals surface area (Å²) in [5, 5.41) is 8.69. The normalized spacial score (nSPS) is 14.9. The molecule has 146 valence electrons. The maximum Gasteiger partial charge on any atom is 0.258 e. The van der Waals surface area contributed by atoms with Gasteiger partial charge in [0.25, 0.3) is 5.91 Å². The molecule has 2 aromatic heterocycles. The van der Waals surface area contributed by atoms with Crippen LogP contribution in [0.15, 0.2) is 30.3 Å². The molecular formula is C22H26N4O2. The summed E-state index contributed by atoms with van der Waals surface area (Å²) in [6.45, 7) is 5.90. The highest BCUT2D eigenvalue weighted by atomic mass is 16.5. The summed E-state index contributed by atoms with van der Waals surface area (Å²) in [5.41, 5.74) is 5.11. The van der Waals surface area contributed by atoms with Crippen LogP contribution in [0.5, 0.6) is 5.88 Å². The van der Waals surface area contributed by atoms with E-state index in [0.717, 1.165) is 27.9 Å². The largest absolute Gasteiger partial charge is 0.467 e. The smallest absolute Gasteiger partial charge is 0.258 e. The molecule has 6 heteroatoms. The zero-order chi connectivity index (χ0) is 19.8. The van der Waals surface area contributed by atoms with Crippen molar-refractivity contribution in [2.45, 2.75) is 45.6 Å². The minimum Gasteiger partial charge on any atom is -0.467 e. The maximum atomic E-state index is 12.3. The average Bonchev–Trinajstić information content (AvgIpc) is 3.45. The quantitative estimate of drug-likeness (QED) is 0.710. The van der Waals surface area contributed by atoms with E-state index < -0.39 is 0 Å². The van der Waals surface area contributed by atoms with Gasteiger partial charge in [-0.3, -0.25) is 9.48 Å². The fraction of sp³-hybridized carbons (Fsp3) is 0.409. The number of aromatic nitrogens is 3. The van der Waals surface area contributed by atoms with E-state index in [1.165, 1.54) is 18.4 Å². The van der Waals surface area contributed by atoms with Crippen LogP contribution < -0.4 is 10.1 Å². The first-order valence-corrected chi connectivity index (χ1v) is 9.75. The van der Waals surface area contributed by atoms with E-state index in [1.807, 2.05) is 52.1 Å². The molecule has 4 rings (SSSR count). The highest BCUT2D eigenvalue weighted by Gasteiger charge is 2.29. The van der Waals surface area contributed by atoms with Crippen LogP contribution >= 0.6 is 0 Å². The Morgan fingerprint density at radius 1 is 1.29 bits per heavy atom. The van der Waals surface area contributed by atoms with Gasteiger partial charge >= 0.3 is 0 Å². The van der Waals surface area contributed by atoms with Gasteiger partial charge in [0.05, 0.1) is 11.7 Å². The van der Waals surface area contributed by atoms with Gasteiger partial charge < -0.3 is 10.1 Å². The molecule has 1 aliphatic rings. The number of fused-ring (bicyclic) bond motifs is 1. The molecule has 1 aromatic carbocycles. The molecule has 1 saturated carbocycles. The zero-order valence-corrected chi connectivity index (χ0v) is 16.8. The molecule has 0 bridgehead atoms. The SMILES string of the molecule is Cc1ccc(C(C)NC(=O)COc2nc3c(cc2C)c(C2CC2)nn3C)cc1. The van der Waals surface area contributed by atoms with Crippen molar-refractivity contribution in [1.29, 1.82) is 0 Å². The number of nitrogens with one attached hydrogen (secondary N) is 1. The van der Waals surface area contributed by atoms with Crippen LogP contribution in [0.2, 0.25) is 0 Å². The molecule has 2 heterocycles. The van der Waals surface area contributed by atoms with E-state index in [-0.39, 0.29) is 18.6 Å². The molecule has 0 spiro atoms. The summed E-state index contributed by atoms with van der Waals surface area (Å²) in [4.78, 5) is 17.0. The molecular weight excluding hydrogens is 352 g/mol. The molecule has 0 radical (unpaired) electrons. The summed E-state index contributed by atoms with van der Waals surface area (Å²) in [6, 6.07) is 10.1. The number of amides is 1. The second-order valence-electron chi connectivity index (χ2n) is 7.75. The van der Waals surface area contributed by atoms with Crippen molar-refractivity contribution in [2.24, 2.45) is 7.05 Å². The number of carbonyl (C=O) groups excluding carboxylic acids is 1. The van der Waals surface area contributed by atoms with Gasteiger partial charge in [-0.1, -0.05) is 29.8 Å². The van der Waals surface area contributed by atoms with Crippen molar-refractivity contribution < 1.29 is 9.53 Å². The average molecular weight is 378 g/mol. The van der Waals surface area contributed by atoms with Gasteiger partial charge in [-0.25, -0.2) is 0 Å². The predicted octanol–water partition coefficient (Wildman–Crippen LogP) is 3.72. The molecule has 3 aromatic rings. The van der Waals surface area contributed by atoms with Gasteiger partial charge in [0.15, 0.2) is 12.3 Å². The molecule has 1 amide bonds. The summed E-state index contributed by atoms with van der Waals surface area (Å²) in [7, 11) is 1.90. The van der Waals surface area contributed by atoms with Gasteiger partial charge in [-0.05, 0) is 45.2 Å². The third kappa shape index (κ3) is 3.72. The Hall–Kier alpha value is -2.89. The van der Waals surface area contributed by atoms with Crippen molar-refractivity contribution in [3.63, 3.8) is 0 Å². The number of carbonyl (C=O) groups is 1. The number of aryl methyl sites for hydroxylation is 3. The van der Waals surface area contributed by atoms with E-state index in [2.05, 4.69) is 21.5 Å². The summed E-state index contributed by atoms with van der Waals surface area (Å²) >= 11 is 0. The number of hydrogen-bond donors (Lipinski definition) is 1. The molecule has 28 heavy (non-hydrogen) atoms. The Kier molecular flexibility index (Phi) is 4.79. The van der Waals surface area contributed by atoms with Crippen molar-refractivity contribution in [3.05, 3.63) is 52.7 Å². The second kappa shape index (κ2) is 7.26. The first-order chi connectivity index (χ1) is 13.4. The van der Waals surface area contributed by atoms with Crippen LogP contribution in [-0.4, -0.2) is 27.3 Å². The zero-order valence-electron chi connectivity index (χ0n) is 16.8. The van der Waals surface area contributed by atoms with E-state index >= 15 is 0 Å². The molecule has 0 saturated heterocycles. The molecule has 1 aliphatic carbocycles. The van der Waals surface area contributed by atoms with E-state index in [4.69, 9.17) is 4.74 Å². The topological polar surface area (TPSA) is 69.0 Å². The molecule has 1 unspecified atom stereocenters. The summed E-state index contributed by atoms with van der Waals surface area (Å²) in [6.07, 6.45) is 2.39. The van der Waals surface area contributed by atoms with Gasteiger partial charge in [0, 0.05) is 23.9 Å². The Morgan fingerprint density at radius 2 is 2.00 bits per heavy atom. The Morgan fingerprint density at radius 3 is 2.68 bits per heavy atom. The van der Waals surface area contributed by atoms with E-state index in [1.54, 1.807) is 4.68 Å². The van der Waals surface area contributed by atoms with E-state index in [0.29, 0.717) is 11.8 Å². The molecule has 0 aliphatic heterocycles. The Labute approximate surface area is 164 Å². The standard InChI is InChI=1S/C22H26N4O2/c1-13-5-7-16(8-6-13)15(3)23-19(27)12-28-22-14(2)11-18-20(17-9-10-17)25-26(4)21(18)24-22/h5-8,11,15,17H,9-10,12H2,1-4H3,(H,23,27). The minimum absolute atomic E-state index is 0.0666. The van der Waals surface area contributed by atoms with Crippen LogP contribution in [0.25, 0.3) is 11.0 Å². The van der Waals surface area contributed by atoms with Crippen LogP contribution in [0, 0.1) is 13.8 Å². The van der Waals surface area contributed by atoms with Crippen molar-refractivity contribution in [3.8, 4) is 5.88 Å². The van der Waals surface area contributed by atoms with E-state index in [9.17, 15) is 4.79 Å². The maximum absolute atomic E-state index is 12.3. The number of nitrogens with zero attached hydrogens (tertiary/aromatic N) is 3. The second-order valence-corrected chi connectivity index (χ2v) is 7.75. The predicted molar refractivity (Wildman–Crippen MR) is 108 cm³/mol. The van der Waals surface area contributed by atoms with Crippen molar-refractivity contribution >= 4 is 16.9 Å². The monoisotopic (exact) mass is 378 g/mol. The molecule has 6 nitrogen and oxygen atoms in total. The lowest BCUT2D eigenvalue weighted by Gasteiger charge is -2.15. The molecule has 1 atom stereocenters. The number of benzene rings is 1. The fourth-order valence-corrected chi connectivity index (χ4v) is 3.45. The molecule has 1 N–H and O–H groups in total. The summed E-state index contributed by atoms with van der Waals surface area (Å²) in [5.74, 6) is 0.875. The third-order valence-electron chi connectivity index (χ3n) is 5.25. The minimum atomic E-state index is -0.168. The highest BCUT2D eigenvalue weighted by molar-refractivity contribution is 5.81. The molecule has 1 fully saturated rings. The first-order valence-electron chi connectivity index (χ1n) is 9.75. The van der Waals surface area contributed by atoms with Gasteiger partial charge in [0.2, 0.25) is 5.88 Å². The number of rotatable bonds is 6. The Balaban J connectivity index is 1.43. The van der Waals surface area contributed by atoms with Gasteiger partial charge in [0.1, 0.15) is 0 Å². The lowest BCUT2D eigenvalue weighted by Crippen LogP contribution is -2.31. The number of hydrogen-bond acceptors (Lipinski definition) is 4. The van der Waals surface area contributed by atoms with Gasteiger partial charge in [-0.2, -0.15) is 10.1 Å². The third-order valence-corrected chi connectivity index (χ3v) is 5.25. The highest BCUT2D eigenvalue weighted by Crippen LogP contribution is 2.42. The number of pyridine rings is 1. The van der Waals surface area contributed by atoms with Gasteiger partial charge in [-0.15, -0.1) is 0 Å². The fourth-order valence-electron chi connectivity index (χ4n) is 3.45. The van der Waals surface area contributed by atoms with Crippen molar-refractivity contribution in [2.75, 3.05) is 6.61 Å². The number of ether oxygens (including phenoxy) is 1.